The Morgan fingerprint density at radius 1 is 1.17 bits per heavy atom. The number of anilines is 2. The number of carbonyl (C=O) groups excluding carboxylic acids is 1. The van der Waals surface area contributed by atoms with Crippen molar-refractivity contribution in [1.29, 1.82) is 0 Å². The molecule has 2 aromatic heterocycles. The third-order valence-corrected chi connectivity index (χ3v) is 5.41. The summed E-state index contributed by atoms with van der Waals surface area (Å²) in [5, 5.41) is 3.00. The van der Waals surface area contributed by atoms with Crippen LogP contribution in [0.5, 0.6) is 11.8 Å². The van der Waals surface area contributed by atoms with Gasteiger partial charge in [-0.3, -0.25) is 4.79 Å². The Bertz CT molecular complexity index is 1030. The number of hydrogen-bond acceptors (Lipinski definition) is 7. The number of fused-ring (bicyclic) bond motifs is 1. The maximum atomic E-state index is 12.7. The lowest BCUT2D eigenvalue weighted by Gasteiger charge is -2.28. The van der Waals surface area contributed by atoms with E-state index in [1.165, 1.54) is 7.11 Å². The first-order chi connectivity index (χ1) is 14.1. The average molecular weight is 396 g/mol. The molecule has 29 heavy (non-hydrogen) atoms. The Morgan fingerprint density at radius 2 is 1.97 bits per heavy atom. The number of ether oxygens (including phenoxy) is 2. The van der Waals surface area contributed by atoms with Crippen LogP contribution >= 0.6 is 0 Å². The number of nitrogens with two attached hydrogens (primary N) is 1. The molecular formula is C20H24N6O3. The van der Waals surface area contributed by atoms with Crippen molar-refractivity contribution in [2.24, 2.45) is 5.92 Å². The van der Waals surface area contributed by atoms with Gasteiger partial charge in [-0.05, 0) is 37.8 Å². The maximum absolute atomic E-state index is 12.7. The number of imidazole rings is 1. The molecule has 3 N–H and O–H groups in total. The molecule has 0 atom stereocenters. The van der Waals surface area contributed by atoms with Crippen molar-refractivity contribution in [3.8, 4) is 11.8 Å². The minimum Gasteiger partial charge on any atom is -0.497 e. The predicted octanol–water partition coefficient (Wildman–Crippen LogP) is 2.80. The van der Waals surface area contributed by atoms with Gasteiger partial charge < -0.3 is 25.1 Å². The molecule has 0 spiro atoms. The zero-order chi connectivity index (χ0) is 20.4. The molecule has 9 nitrogen and oxygen atoms in total. The van der Waals surface area contributed by atoms with Crippen molar-refractivity contribution < 1.29 is 14.3 Å². The van der Waals surface area contributed by atoms with Gasteiger partial charge in [0.15, 0.2) is 17.0 Å². The van der Waals surface area contributed by atoms with E-state index in [-0.39, 0.29) is 23.9 Å². The molecule has 0 radical (unpaired) electrons. The topological polar surface area (TPSA) is 117 Å². The molecule has 9 heteroatoms. The lowest BCUT2D eigenvalue weighted by Crippen LogP contribution is -2.28. The standard InChI is InChI=1S/C20H24N6O3/c1-28-15-5-3-4-13(10-15)23-19(27)12-6-8-14(9-7-12)26-11-22-16-17(21)24-20(29-2)25-18(16)26/h3-5,10-12,14H,6-9H2,1-2H3,(H,23,27)(H2,21,24,25)/t12-,14-. The molecule has 1 aromatic carbocycles. The minimum atomic E-state index is -0.0264. The second kappa shape index (κ2) is 7.94. The number of hydrogen-bond donors (Lipinski definition) is 2. The number of nitrogens with one attached hydrogen (secondary N) is 1. The fourth-order valence-electron chi connectivity index (χ4n) is 3.84. The fraction of sp³-hybridized carbons (Fsp3) is 0.400. The van der Waals surface area contributed by atoms with Crippen molar-refractivity contribution in [2.75, 3.05) is 25.3 Å². The molecule has 1 saturated carbocycles. The molecule has 0 unspecified atom stereocenters. The van der Waals surface area contributed by atoms with Gasteiger partial charge in [-0.1, -0.05) is 6.07 Å². The molecule has 152 valence electrons. The van der Waals surface area contributed by atoms with Crippen LogP contribution in [0, 0.1) is 5.92 Å². The van der Waals surface area contributed by atoms with Gasteiger partial charge >= 0.3 is 6.01 Å². The zero-order valence-electron chi connectivity index (χ0n) is 16.5. The Kier molecular flexibility index (Phi) is 5.20. The molecule has 1 amide bonds. The van der Waals surface area contributed by atoms with Gasteiger partial charge in [-0.15, -0.1) is 0 Å². The first-order valence-corrected chi connectivity index (χ1v) is 9.58. The smallest absolute Gasteiger partial charge is 0.320 e. The van der Waals surface area contributed by atoms with Gasteiger partial charge in [0, 0.05) is 23.7 Å². The van der Waals surface area contributed by atoms with Crippen LogP contribution in [0.15, 0.2) is 30.6 Å². The van der Waals surface area contributed by atoms with E-state index < -0.39 is 0 Å². The largest absolute Gasteiger partial charge is 0.497 e. The highest BCUT2D eigenvalue weighted by atomic mass is 16.5. The quantitative estimate of drug-likeness (QED) is 0.681. The minimum absolute atomic E-state index is 0.0264. The Labute approximate surface area is 168 Å². The summed E-state index contributed by atoms with van der Waals surface area (Å²) < 4.78 is 12.4. The summed E-state index contributed by atoms with van der Waals surface area (Å²) in [4.78, 5) is 25.5. The summed E-state index contributed by atoms with van der Waals surface area (Å²) in [6, 6.07) is 7.82. The summed E-state index contributed by atoms with van der Waals surface area (Å²) in [5.74, 6) is 1.04. The number of methoxy groups -OCH3 is 2. The van der Waals surface area contributed by atoms with E-state index in [2.05, 4.69) is 20.3 Å². The Balaban J connectivity index is 1.43. The van der Waals surface area contributed by atoms with Crippen molar-refractivity contribution >= 4 is 28.6 Å². The third-order valence-electron chi connectivity index (χ3n) is 5.41. The van der Waals surface area contributed by atoms with Crippen molar-refractivity contribution in [3.63, 3.8) is 0 Å². The molecule has 0 aliphatic heterocycles. The molecule has 1 fully saturated rings. The van der Waals surface area contributed by atoms with Gasteiger partial charge in [0.05, 0.1) is 20.5 Å². The Morgan fingerprint density at radius 3 is 2.69 bits per heavy atom. The van der Waals surface area contributed by atoms with E-state index in [1.54, 1.807) is 13.4 Å². The number of rotatable bonds is 5. The lowest BCUT2D eigenvalue weighted by molar-refractivity contribution is -0.120. The molecule has 0 bridgehead atoms. The van der Waals surface area contributed by atoms with Crippen LogP contribution in [-0.4, -0.2) is 39.6 Å². The fourth-order valence-corrected chi connectivity index (χ4v) is 3.84. The number of amides is 1. The monoisotopic (exact) mass is 396 g/mol. The summed E-state index contributed by atoms with van der Waals surface area (Å²) in [6.45, 7) is 0. The van der Waals surface area contributed by atoms with E-state index in [4.69, 9.17) is 15.2 Å². The average Bonchev–Trinajstić information content (AvgIpc) is 3.18. The van der Waals surface area contributed by atoms with Crippen molar-refractivity contribution in [1.82, 2.24) is 19.5 Å². The molecule has 4 rings (SSSR count). The lowest BCUT2D eigenvalue weighted by atomic mass is 9.85. The second-order valence-corrected chi connectivity index (χ2v) is 7.15. The summed E-state index contributed by atoms with van der Waals surface area (Å²) >= 11 is 0. The summed E-state index contributed by atoms with van der Waals surface area (Å²) in [7, 11) is 3.11. The molecule has 2 heterocycles. The van der Waals surface area contributed by atoms with Crippen LogP contribution in [0.25, 0.3) is 11.2 Å². The van der Waals surface area contributed by atoms with Crippen molar-refractivity contribution in [2.45, 2.75) is 31.7 Å². The number of carbonyl (C=O) groups is 1. The highest BCUT2D eigenvalue weighted by molar-refractivity contribution is 5.92. The van der Waals surface area contributed by atoms with E-state index >= 15 is 0 Å². The second-order valence-electron chi connectivity index (χ2n) is 7.15. The molecule has 0 saturated heterocycles. The van der Waals surface area contributed by atoms with Gasteiger partial charge in [-0.25, -0.2) is 4.98 Å². The van der Waals surface area contributed by atoms with Gasteiger partial charge in [0.25, 0.3) is 0 Å². The molecule has 1 aliphatic carbocycles. The highest BCUT2D eigenvalue weighted by Gasteiger charge is 2.28. The highest BCUT2D eigenvalue weighted by Crippen LogP contribution is 2.35. The zero-order valence-corrected chi connectivity index (χ0v) is 16.5. The molecular weight excluding hydrogens is 372 g/mol. The van der Waals surface area contributed by atoms with E-state index in [0.717, 1.165) is 37.1 Å². The van der Waals surface area contributed by atoms with Crippen LogP contribution in [0.2, 0.25) is 0 Å². The number of aromatic nitrogens is 4. The van der Waals surface area contributed by atoms with Gasteiger partial charge in [-0.2, -0.15) is 9.97 Å². The van der Waals surface area contributed by atoms with Gasteiger partial charge in [0.2, 0.25) is 5.91 Å². The normalized spacial score (nSPS) is 19.1. The molecule has 1 aliphatic rings. The predicted molar refractivity (Wildman–Crippen MR) is 109 cm³/mol. The Hall–Kier alpha value is -3.36. The summed E-state index contributed by atoms with van der Waals surface area (Å²) in [5.41, 5.74) is 7.95. The van der Waals surface area contributed by atoms with Crippen LogP contribution in [0.4, 0.5) is 11.5 Å². The first-order valence-electron chi connectivity index (χ1n) is 9.58. The number of benzene rings is 1. The number of nitrogens with zero attached hydrogens (tertiary/aromatic N) is 4. The van der Waals surface area contributed by atoms with E-state index in [1.807, 2.05) is 28.8 Å². The van der Waals surface area contributed by atoms with E-state index in [0.29, 0.717) is 17.0 Å². The van der Waals surface area contributed by atoms with Gasteiger partial charge in [0.1, 0.15) is 5.75 Å². The van der Waals surface area contributed by atoms with E-state index in [9.17, 15) is 4.79 Å². The van der Waals surface area contributed by atoms with Crippen LogP contribution < -0.4 is 20.5 Å². The summed E-state index contributed by atoms with van der Waals surface area (Å²) in [6.07, 6.45) is 5.04. The third kappa shape index (κ3) is 3.80. The van der Waals surface area contributed by atoms with Crippen molar-refractivity contribution in [3.05, 3.63) is 30.6 Å². The number of nitrogen functional groups attached to an aromatic ring is 1. The first kappa shape index (κ1) is 19.0. The SMILES string of the molecule is COc1cccc(NC(=O)[C@H]2CC[C@H](n3cnc4c(N)nc(OC)nc43)CC2)c1. The van der Waals surface area contributed by atoms with Crippen LogP contribution in [-0.2, 0) is 4.79 Å². The van der Waals surface area contributed by atoms with Crippen LogP contribution in [0.3, 0.4) is 0 Å². The maximum Gasteiger partial charge on any atom is 0.320 e. The molecule has 3 aromatic rings. The van der Waals surface area contributed by atoms with Crippen LogP contribution in [0.1, 0.15) is 31.7 Å².